The van der Waals surface area contributed by atoms with Gasteiger partial charge in [-0.1, -0.05) is 25.0 Å². The number of ketones is 1. The first-order chi connectivity index (χ1) is 19.2. The van der Waals surface area contributed by atoms with Crippen LogP contribution in [-0.2, 0) is 33.3 Å². The number of carbonyl (C=O) groups excluding carboxylic acids is 3. The van der Waals surface area contributed by atoms with E-state index in [1.54, 1.807) is 6.92 Å². The van der Waals surface area contributed by atoms with Gasteiger partial charge >= 0.3 is 11.9 Å². The minimum absolute atomic E-state index is 0.0130. The maximum absolute atomic E-state index is 14.0. The largest absolute Gasteiger partial charge is 0.458 e. The third-order valence-electron chi connectivity index (χ3n) is 12.3. The van der Waals surface area contributed by atoms with Gasteiger partial charge in [0, 0.05) is 43.3 Å². The van der Waals surface area contributed by atoms with Crippen LogP contribution in [0.4, 0.5) is 0 Å². The standard InChI is InChI=1S/C32H44O9/c1-8-38-23-14-24(34)30(7)19-9-10-29(6)20(17(4)22-11-15(2)16(3)28(36)40-22)12-25(39-18(5)33)31(29,37)21(19)13-26-32(30,41-26)27(23)35/h12,17,19,21-23,25-27,35,37H,8-11,13-14H2,1-7H3/t17-,19-,21+,22+,23-,25-,26+,27-,29+,30-,31+,32-/m0/s1. The Morgan fingerprint density at radius 3 is 2.54 bits per heavy atom. The zero-order chi connectivity index (χ0) is 29.9. The molecular weight excluding hydrogens is 528 g/mol. The normalized spacial score (nSPS) is 49.2. The molecule has 2 heterocycles. The number of aliphatic hydroxyl groups excluding tert-OH is 1. The number of aliphatic hydroxyl groups is 2. The summed E-state index contributed by atoms with van der Waals surface area (Å²) in [6.45, 7) is 13.2. The van der Waals surface area contributed by atoms with E-state index in [4.69, 9.17) is 18.9 Å². The van der Waals surface area contributed by atoms with Gasteiger partial charge in [0.15, 0.2) is 0 Å². The molecule has 2 aliphatic heterocycles. The van der Waals surface area contributed by atoms with Crippen LogP contribution >= 0.6 is 0 Å². The summed E-state index contributed by atoms with van der Waals surface area (Å²) in [6.07, 6.45) is 0.867. The van der Waals surface area contributed by atoms with Gasteiger partial charge < -0.3 is 29.2 Å². The fourth-order valence-electron chi connectivity index (χ4n) is 9.84. The van der Waals surface area contributed by atoms with Gasteiger partial charge in [-0.05, 0) is 64.9 Å². The summed E-state index contributed by atoms with van der Waals surface area (Å²) in [5.74, 6) is -1.77. The second kappa shape index (κ2) is 9.21. The third-order valence-corrected chi connectivity index (χ3v) is 12.3. The van der Waals surface area contributed by atoms with E-state index < -0.39 is 64.4 Å². The van der Waals surface area contributed by atoms with Gasteiger partial charge in [0.05, 0.1) is 17.6 Å². The van der Waals surface area contributed by atoms with Crippen LogP contribution in [0.25, 0.3) is 0 Å². The van der Waals surface area contributed by atoms with Crippen molar-refractivity contribution in [1.29, 1.82) is 0 Å². The highest BCUT2D eigenvalue weighted by Crippen LogP contribution is 2.74. The molecular formula is C32H44O9. The van der Waals surface area contributed by atoms with Crippen LogP contribution < -0.4 is 0 Å². The fraction of sp³-hybridized carbons (Fsp3) is 0.781. The van der Waals surface area contributed by atoms with Crippen molar-refractivity contribution in [3.05, 3.63) is 22.8 Å². The molecule has 3 saturated carbocycles. The lowest BCUT2D eigenvalue weighted by Crippen LogP contribution is -2.72. The minimum Gasteiger partial charge on any atom is -0.458 e. The number of esters is 2. The number of ether oxygens (including phenoxy) is 4. The summed E-state index contributed by atoms with van der Waals surface area (Å²) in [5, 5.41) is 24.4. The molecule has 0 radical (unpaired) electrons. The molecule has 0 bridgehead atoms. The summed E-state index contributed by atoms with van der Waals surface area (Å²) >= 11 is 0. The Balaban J connectivity index is 1.39. The number of rotatable bonds is 5. The molecule has 1 spiro atoms. The van der Waals surface area contributed by atoms with E-state index in [0.29, 0.717) is 37.9 Å². The molecule has 12 atom stereocenters. The molecule has 6 aliphatic rings. The number of hydrogen-bond donors (Lipinski definition) is 2. The zero-order valence-electron chi connectivity index (χ0n) is 25.2. The molecule has 4 aliphatic carbocycles. The van der Waals surface area contributed by atoms with Crippen molar-refractivity contribution in [2.75, 3.05) is 6.61 Å². The molecule has 4 fully saturated rings. The highest BCUT2D eigenvalue weighted by atomic mass is 16.6. The summed E-state index contributed by atoms with van der Waals surface area (Å²) in [4.78, 5) is 38.9. The lowest BCUT2D eigenvalue weighted by Gasteiger charge is -2.62. The molecule has 6 rings (SSSR count). The molecule has 226 valence electrons. The second-order valence-electron chi connectivity index (χ2n) is 13.8. The number of hydrogen-bond acceptors (Lipinski definition) is 9. The smallest absolute Gasteiger partial charge is 0.333 e. The van der Waals surface area contributed by atoms with Crippen molar-refractivity contribution in [1.82, 2.24) is 0 Å². The van der Waals surface area contributed by atoms with E-state index in [0.717, 1.165) is 11.1 Å². The SMILES string of the molecule is CCO[C@H]1CC(=O)[C@]2(C)[C@H]3CC[C@]4(C)C([C@H](C)[C@H]5CC(C)=C(C)C(=O)O5)=C[C@H](OC(C)=O)[C@]4(O)[C@@H]3C[C@H]3O[C@]32[C@H]1O. The molecule has 9 heteroatoms. The molecule has 0 unspecified atom stereocenters. The average Bonchev–Trinajstić information content (AvgIpc) is 3.60. The van der Waals surface area contributed by atoms with Gasteiger partial charge in [-0.25, -0.2) is 4.79 Å². The van der Waals surface area contributed by atoms with Crippen LogP contribution in [-0.4, -0.2) is 76.3 Å². The predicted octanol–water partition coefficient (Wildman–Crippen LogP) is 3.20. The van der Waals surface area contributed by atoms with Crippen LogP contribution in [0, 0.1) is 28.6 Å². The number of epoxide rings is 1. The van der Waals surface area contributed by atoms with E-state index in [2.05, 4.69) is 0 Å². The Kier molecular flexibility index (Phi) is 6.52. The first-order valence-electron chi connectivity index (χ1n) is 15.2. The Hall–Kier alpha value is -2.07. The second-order valence-corrected chi connectivity index (χ2v) is 13.8. The first kappa shape index (κ1) is 29.0. The number of carbonyl (C=O) groups is 3. The van der Waals surface area contributed by atoms with E-state index in [9.17, 15) is 24.6 Å². The van der Waals surface area contributed by atoms with Gasteiger partial charge in [-0.3, -0.25) is 9.59 Å². The minimum atomic E-state index is -1.51. The maximum Gasteiger partial charge on any atom is 0.333 e. The van der Waals surface area contributed by atoms with Gasteiger partial charge in [-0.15, -0.1) is 0 Å². The van der Waals surface area contributed by atoms with E-state index in [-0.39, 0.29) is 30.0 Å². The van der Waals surface area contributed by atoms with Gasteiger partial charge in [0.2, 0.25) is 0 Å². The van der Waals surface area contributed by atoms with Gasteiger partial charge in [-0.2, -0.15) is 0 Å². The average molecular weight is 573 g/mol. The van der Waals surface area contributed by atoms with Crippen LogP contribution in [0.1, 0.15) is 80.6 Å². The van der Waals surface area contributed by atoms with Crippen LogP contribution in [0.5, 0.6) is 0 Å². The van der Waals surface area contributed by atoms with Crippen LogP contribution in [0.2, 0.25) is 0 Å². The van der Waals surface area contributed by atoms with Crippen molar-refractivity contribution < 1.29 is 43.5 Å². The summed E-state index contributed by atoms with van der Waals surface area (Å²) < 4.78 is 23.8. The molecule has 0 aromatic carbocycles. The Morgan fingerprint density at radius 2 is 1.90 bits per heavy atom. The monoisotopic (exact) mass is 572 g/mol. The summed E-state index contributed by atoms with van der Waals surface area (Å²) in [6, 6.07) is 0. The van der Waals surface area contributed by atoms with Crippen molar-refractivity contribution in [2.45, 2.75) is 122 Å². The highest BCUT2D eigenvalue weighted by molar-refractivity contribution is 5.90. The zero-order valence-corrected chi connectivity index (χ0v) is 25.2. The lowest BCUT2D eigenvalue weighted by atomic mass is 9.42. The summed E-state index contributed by atoms with van der Waals surface area (Å²) in [5.41, 5.74) is -1.82. The van der Waals surface area contributed by atoms with Crippen LogP contribution in [0.3, 0.4) is 0 Å². The third kappa shape index (κ3) is 3.52. The lowest BCUT2D eigenvalue weighted by molar-refractivity contribution is -0.233. The predicted molar refractivity (Wildman–Crippen MR) is 146 cm³/mol. The van der Waals surface area contributed by atoms with Gasteiger partial charge in [0.25, 0.3) is 0 Å². The Bertz CT molecular complexity index is 1250. The topological polar surface area (TPSA) is 132 Å². The van der Waals surface area contributed by atoms with E-state index in [1.807, 2.05) is 40.7 Å². The molecule has 41 heavy (non-hydrogen) atoms. The Morgan fingerprint density at radius 1 is 1.20 bits per heavy atom. The van der Waals surface area contributed by atoms with E-state index >= 15 is 0 Å². The van der Waals surface area contributed by atoms with E-state index in [1.165, 1.54) is 6.92 Å². The van der Waals surface area contributed by atoms with Crippen molar-refractivity contribution in [3.63, 3.8) is 0 Å². The van der Waals surface area contributed by atoms with Crippen molar-refractivity contribution in [2.24, 2.45) is 28.6 Å². The molecule has 0 aromatic rings. The molecule has 1 saturated heterocycles. The quantitative estimate of drug-likeness (QED) is 0.290. The first-order valence-corrected chi connectivity index (χ1v) is 15.2. The highest BCUT2D eigenvalue weighted by Gasteiger charge is 2.84. The molecule has 0 aromatic heterocycles. The Labute approximate surface area is 241 Å². The molecule has 9 nitrogen and oxygen atoms in total. The fourth-order valence-corrected chi connectivity index (χ4v) is 9.84. The van der Waals surface area contributed by atoms with Crippen LogP contribution in [0.15, 0.2) is 22.8 Å². The number of fused-ring (bicyclic) bond motifs is 4. The number of cyclic esters (lactones) is 1. The molecule has 2 N–H and O–H groups in total. The van der Waals surface area contributed by atoms with Gasteiger partial charge in [0.1, 0.15) is 35.3 Å². The number of Topliss-reactive ketones (excluding diaryl/α,β-unsaturated/α-hetero) is 1. The summed E-state index contributed by atoms with van der Waals surface area (Å²) in [7, 11) is 0. The van der Waals surface area contributed by atoms with Crippen molar-refractivity contribution >= 4 is 17.7 Å². The maximum atomic E-state index is 14.0. The molecule has 0 amide bonds. The van der Waals surface area contributed by atoms with Crippen molar-refractivity contribution in [3.8, 4) is 0 Å².